The van der Waals surface area contributed by atoms with E-state index in [1.165, 1.54) is 18.4 Å². The van der Waals surface area contributed by atoms with Gasteiger partial charge in [-0.15, -0.1) is 0 Å². The lowest BCUT2D eigenvalue weighted by atomic mass is 9.87. The number of nitrogens with zero attached hydrogens (tertiary/aromatic N) is 8. The van der Waals surface area contributed by atoms with Gasteiger partial charge in [0, 0.05) is 86.4 Å². The molecule has 11 nitrogen and oxygen atoms in total. The van der Waals surface area contributed by atoms with Crippen LogP contribution in [0.2, 0.25) is 0 Å². The number of anilines is 1. The van der Waals surface area contributed by atoms with Crippen LogP contribution in [0.3, 0.4) is 0 Å². The second-order valence-corrected chi connectivity index (χ2v) is 13.0. The van der Waals surface area contributed by atoms with Crippen molar-refractivity contribution in [1.29, 1.82) is 5.26 Å². The van der Waals surface area contributed by atoms with Crippen molar-refractivity contribution < 1.29 is 14.2 Å². The highest BCUT2D eigenvalue weighted by atomic mass is 16.5. The number of piperidine rings is 1. The smallest absolute Gasteiger partial charge is 0.212 e. The molecule has 0 saturated carbocycles. The number of hydrogen-bond acceptors (Lipinski definition) is 10. The Labute approximate surface area is 262 Å². The van der Waals surface area contributed by atoms with Crippen LogP contribution >= 0.6 is 0 Å². The minimum Gasteiger partial charge on any atom is -0.491 e. The van der Waals surface area contributed by atoms with E-state index >= 15 is 0 Å². The summed E-state index contributed by atoms with van der Waals surface area (Å²) in [5.74, 6) is 2.36. The highest BCUT2D eigenvalue weighted by Crippen LogP contribution is 2.39. The summed E-state index contributed by atoms with van der Waals surface area (Å²) < 4.78 is 18.9. The molecule has 9 heterocycles. The summed E-state index contributed by atoms with van der Waals surface area (Å²) in [4.78, 5) is 16.7. The van der Waals surface area contributed by atoms with Crippen LogP contribution in [0.4, 0.5) is 5.82 Å². The molecule has 3 unspecified atom stereocenters. The lowest BCUT2D eigenvalue weighted by Crippen LogP contribution is -2.68. The third-order valence-electron chi connectivity index (χ3n) is 10.2. The number of rotatable bonds is 9. The van der Waals surface area contributed by atoms with E-state index in [0.717, 1.165) is 87.1 Å². The second kappa shape index (κ2) is 11.6. The fourth-order valence-electron chi connectivity index (χ4n) is 7.66. The maximum absolute atomic E-state index is 9.81. The second-order valence-electron chi connectivity index (χ2n) is 13.0. The van der Waals surface area contributed by atoms with Crippen LogP contribution in [0.25, 0.3) is 16.6 Å². The van der Waals surface area contributed by atoms with Gasteiger partial charge in [0.15, 0.2) is 0 Å². The SMILES string of the molecule is COc1ccc(CN2C3CC2CN(c2ccc(-c4cc(OCCN5CCC6(CCOC6)C5)cn5ncc(C#N)c45)cn2)C3)cn1. The Balaban J connectivity index is 0.945. The monoisotopic (exact) mass is 606 g/mol. The van der Waals surface area contributed by atoms with E-state index in [-0.39, 0.29) is 0 Å². The predicted molar refractivity (Wildman–Crippen MR) is 168 cm³/mol. The summed E-state index contributed by atoms with van der Waals surface area (Å²) >= 11 is 0. The first kappa shape index (κ1) is 28.2. The third kappa shape index (κ3) is 5.37. The fourth-order valence-corrected chi connectivity index (χ4v) is 7.66. The standard InChI is InChI=1S/C34H38N8O3/c1-43-32-5-2-24(15-37-32)18-41-27-12-28(41)20-40(19-27)31-4-3-25(16-36-31)30-13-29(21-42-33(30)26(14-35)17-38-42)45-11-9-39-8-6-34(22-39)7-10-44-23-34/h2-5,13,15-17,21,27-28H,6-12,18-20,22-23H2,1H3. The van der Waals surface area contributed by atoms with Gasteiger partial charge in [0.05, 0.1) is 37.2 Å². The maximum atomic E-state index is 9.81. The molecule has 5 aliphatic heterocycles. The Hall–Kier alpha value is -4.24. The van der Waals surface area contributed by atoms with E-state index in [2.05, 4.69) is 49.1 Å². The Morgan fingerprint density at radius 2 is 2.00 bits per heavy atom. The van der Waals surface area contributed by atoms with Gasteiger partial charge >= 0.3 is 0 Å². The maximum Gasteiger partial charge on any atom is 0.212 e. The first-order valence-corrected chi connectivity index (χ1v) is 15.9. The number of likely N-dealkylation sites (tertiary alicyclic amines) is 1. The van der Waals surface area contributed by atoms with Gasteiger partial charge in [0.2, 0.25) is 5.88 Å². The summed E-state index contributed by atoms with van der Waals surface area (Å²) in [6, 6.07) is 13.6. The molecule has 5 saturated heterocycles. The van der Waals surface area contributed by atoms with Gasteiger partial charge in [0.25, 0.3) is 0 Å². The van der Waals surface area contributed by atoms with E-state index in [1.54, 1.807) is 17.8 Å². The van der Waals surface area contributed by atoms with Crippen LogP contribution < -0.4 is 14.4 Å². The number of aromatic nitrogens is 4. The molecule has 4 aromatic heterocycles. The lowest BCUT2D eigenvalue weighted by Gasteiger charge is -2.56. The summed E-state index contributed by atoms with van der Waals surface area (Å²) in [5.41, 5.74) is 4.68. The molecule has 0 aliphatic carbocycles. The number of piperazine rings is 1. The molecule has 232 valence electrons. The van der Waals surface area contributed by atoms with Crippen molar-refractivity contribution in [2.45, 2.75) is 37.9 Å². The largest absolute Gasteiger partial charge is 0.491 e. The van der Waals surface area contributed by atoms with Crippen molar-refractivity contribution >= 4 is 11.3 Å². The molecule has 5 fully saturated rings. The van der Waals surface area contributed by atoms with Gasteiger partial charge in [-0.25, -0.2) is 14.5 Å². The topological polar surface area (TPSA) is 104 Å². The third-order valence-corrected chi connectivity index (χ3v) is 10.2. The summed E-state index contributed by atoms with van der Waals surface area (Å²) in [7, 11) is 1.64. The zero-order valence-corrected chi connectivity index (χ0v) is 25.6. The van der Waals surface area contributed by atoms with E-state index in [4.69, 9.17) is 19.2 Å². The molecule has 4 aromatic rings. The van der Waals surface area contributed by atoms with Crippen LogP contribution in [0.5, 0.6) is 11.6 Å². The molecule has 0 N–H and O–H groups in total. The Bertz CT molecular complexity index is 1700. The van der Waals surface area contributed by atoms with Crippen molar-refractivity contribution in [3.8, 4) is 28.8 Å². The average Bonchev–Trinajstić information content (AvgIpc) is 3.84. The normalized spacial score (nSPS) is 24.7. The van der Waals surface area contributed by atoms with Crippen LogP contribution in [0.1, 0.15) is 30.4 Å². The molecule has 5 aliphatic rings. The first-order chi connectivity index (χ1) is 22.1. The van der Waals surface area contributed by atoms with Gasteiger partial charge in [-0.05, 0) is 49.6 Å². The van der Waals surface area contributed by atoms with Crippen LogP contribution in [-0.4, -0.2) is 101 Å². The van der Waals surface area contributed by atoms with Crippen LogP contribution in [0, 0.1) is 16.7 Å². The van der Waals surface area contributed by atoms with E-state index in [1.807, 2.05) is 30.7 Å². The molecular weight excluding hydrogens is 568 g/mol. The van der Waals surface area contributed by atoms with Gasteiger partial charge < -0.3 is 19.1 Å². The zero-order chi connectivity index (χ0) is 30.4. The quantitative estimate of drug-likeness (QED) is 0.281. The molecule has 1 spiro atoms. The molecule has 2 bridgehead atoms. The molecule has 0 radical (unpaired) electrons. The van der Waals surface area contributed by atoms with Crippen molar-refractivity contribution in [2.75, 3.05) is 64.6 Å². The fraction of sp³-hybridized carbons (Fsp3) is 0.471. The molecule has 11 heteroatoms. The van der Waals surface area contributed by atoms with Gasteiger partial charge in [0.1, 0.15) is 24.2 Å². The van der Waals surface area contributed by atoms with E-state index in [0.29, 0.717) is 35.5 Å². The van der Waals surface area contributed by atoms with Gasteiger partial charge in [-0.1, -0.05) is 6.07 Å². The van der Waals surface area contributed by atoms with Crippen molar-refractivity contribution in [1.82, 2.24) is 29.4 Å². The summed E-state index contributed by atoms with van der Waals surface area (Å²) in [5, 5.41) is 14.3. The molecular formula is C34H38N8O3. The van der Waals surface area contributed by atoms with Gasteiger partial charge in [-0.3, -0.25) is 9.80 Å². The number of pyridine rings is 3. The predicted octanol–water partition coefficient (Wildman–Crippen LogP) is 3.63. The van der Waals surface area contributed by atoms with Crippen LogP contribution in [-0.2, 0) is 11.3 Å². The number of fused-ring (bicyclic) bond motifs is 3. The first-order valence-electron chi connectivity index (χ1n) is 15.9. The van der Waals surface area contributed by atoms with E-state index in [9.17, 15) is 5.26 Å². The summed E-state index contributed by atoms with van der Waals surface area (Å²) in [6.45, 7) is 8.22. The minimum atomic E-state index is 0.344. The van der Waals surface area contributed by atoms with Crippen molar-refractivity contribution in [2.24, 2.45) is 5.41 Å². The van der Waals surface area contributed by atoms with Crippen molar-refractivity contribution in [3.63, 3.8) is 0 Å². The Morgan fingerprint density at radius 3 is 2.73 bits per heavy atom. The van der Waals surface area contributed by atoms with Gasteiger partial charge in [-0.2, -0.15) is 10.4 Å². The van der Waals surface area contributed by atoms with Crippen molar-refractivity contribution in [3.05, 3.63) is 66.2 Å². The Morgan fingerprint density at radius 1 is 1.09 bits per heavy atom. The highest BCUT2D eigenvalue weighted by Gasteiger charge is 2.45. The highest BCUT2D eigenvalue weighted by molar-refractivity contribution is 5.85. The molecule has 45 heavy (non-hydrogen) atoms. The molecule has 0 aromatic carbocycles. The molecule has 0 amide bonds. The minimum absolute atomic E-state index is 0.344. The lowest BCUT2D eigenvalue weighted by molar-refractivity contribution is -0.00876. The Kier molecular flexibility index (Phi) is 7.28. The zero-order valence-electron chi connectivity index (χ0n) is 25.6. The van der Waals surface area contributed by atoms with E-state index < -0.39 is 0 Å². The molecule has 9 rings (SSSR count). The molecule has 3 atom stereocenters. The number of ether oxygens (including phenoxy) is 3. The summed E-state index contributed by atoms with van der Waals surface area (Å²) in [6.07, 6.45) is 10.9. The van der Waals surface area contributed by atoms with Crippen LogP contribution in [0.15, 0.2) is 55.1 Å². The number of methoxy groups -OCH3 is 1. The number of nitriles is 1. The number of hydrogen-bond donors (Lipinski definition) is 0. The average molecular weight is 607 g/mol.